The fraction of sp³-hybridized carbons (Fsp3) is 0.500. The summed E-state index contributed by atoms with van der Waals surface area (Å²) in [6.45, 7) is 0.651. The highest BCUT2D eigenvalue weighted by Crippen LogP contribution is 2.26. The fourth-order valence-electron chi connectivity index (χ4n) is 2.57. The van der Waals surface area contributed by atoms with Gasteiger partial charge in [-0.15, -0.1) is 12.4 Å². The van der Waals surface area contributed by atoms with Crippen LogP contribution >= 0.6 is 12.4 Å². The second kappa shape index (κ2) is 7.90. The molecule has 2 rings (SSSR count). The quantitative estimate of drug-likeness (QED) is 0.881. The lowest BCUT2D eigenvalue weighted by Crippen LogP contribution is -2.51. The molecule has 122 valence electrons. The van der Waals surface area contributed by atoms with Crippen molar-refractivity contribution in [2.45, 2.75) is 29.9 Å². The van der Waals surface area contributed by atoms with Crippen LogP contribution in [0.15, 0.2) is 29.2 Å². The van der Waals surface area contributed by atoms with E-state index in [0.29, 0.717) is 24.9 Å². The molecular weight excluding hydrogens is 326 g/mol. The largest absolute Gasteiger partial charge is 0.381 e. The van der Waals surface area contributed by atoms with Crippen molar-refractivity contribution in [3.8, 4) is 6.07 Å². The summed E-state index contributed by atoms with van der Waals surface area (Å²) in [4.78, 5) is 0.191. The molecule has 0 amide bonds. The van der Waals surface area contributed by atoms with Crippen LogP contribution in [-0.2, 0) is 14.8 Å². The van der Waals surface area contributed by atoms with Crippen molar-refractivity contribution in [1.29, 1.82) is 5.26 Å². The van der Waals surface area contributed by atoms with Crippen molar-refractivity contribution in [1.82, 2.24) is 4.31 Å². The minimum atomic E-state index is -3.59. The van der Waals surface area contributed by atoms with Gasteiger partial charge in [-0.05, 0) is 37.1 Å². The van der Waals surface area contributed by atoms with E-state index in [2.05, 4.69) is 0 Å². The number of benzene rings is 1. The van der Waals surface area contributed by atoms with Gasteiger partial charge in [0.05, 0.1) is 22.6 Å². The van der Waals surface area contributed by atoms with Gasteiger partial charge in [0.25, 0.3) is 0 Å². The molecule has 2 unspecified atom stereocenters. The normalized spacial score (nSPS) is 22.6. The molecule has 0 aliphatic carbocycles. The fourth-order valence-corrected chi connectivity index (χ4v) is 4.24. The Labute approximate surface area is 137 Å². The number of hydrogen-bond donors (Lipinski definition) is 1. The lowest BCUT2D eigenvalue weighted by molar-refractivity contribution is 0.0401. The average molecular weight is 346 g/mol. The molecule has 22 heavy (non-hydrogen) atoms. The van der Waals surface area contributed by atoms with E-state index < -0.39 is 10.0 Å². The van der Waals surface area contributed by atoms with Crippen LogP contribution in [0.1, 0.15) is 18.4 Å². The summed E-state index contributed by atoms with van der Waals surface area (Å²) in [6, 6.07) is 7.65. The van der Waals surface area contributed by atoms with Gasteiger partial charge in [0, 0.05) is 26.2 Å². The Morgan fingerprint density at radius 2 is 2.05 bits per heavy atom. The molecule has 2 N–H and O–H groups in total. The SMILES string of the molecule is COC1CCN(S(=O)(=O)c2ccc(C#N)cc2)C(CN)C1.Cl. The van der Waals surface area contributed by atoms with Gasteiger partial charge in [0.1, 0.15) is 0 Å². The maximum Gasteiger partial charge on any atom is 0.243 e. The number of nitrogens with zero attached hydrogens (tertiary/aromatic N) is 2. The van der Waals surface area contributed by atoms with Gasteiger partial charge in [0.2, 0.25) is 10.0 Å². The highest BCUT2D eigenvalue weighted by molar-refractivity contribution is 7.89. The molecule has 0 spiro atoms. The molecule has 1 aromatic rings. The summed E-state index contributed by atoms with van der Waals surface area (Å²) in [7, 11) is -1.96. The number of piperidine rings is 1. The molecular formula is C14H20ClN3O3S. The molecule has 0 radical (unpaired) electrons. The molecule has 1 aliphatic rings. The van der Waals surface area contributed by atoms with Crippen molar-refractivity contribution in [2.75, 3.05) is 20.2 Å². The number of ether oxygens (including phenoxy) is 1. The second-order valence-electron chi connectivity index (χ2n) is 5.02. The maximum absolute atomic E-state index is 12.7. The maximum atomic E-state index is 12.7. The molecule has 1 aromatic carbocycles. The number of nitrogens with two attached hydrogens (primary N) is 1. The molecule has 6 nitrogen and oxygen atoms in total. The topological polar surface area (TPSA) is 96.4 Å². The number of hydrogen-bond acceptors (Lipinski definition) is 5. The smallest absolute Gasteiger partial charge is 0.243 e. The average Bonchev–Trinajstić information content (AvgIpc) is 2.54. The zero-order valence-corrected chi connectivity index (χ0v) is 13.9. The predicted molar refractivity (Wildman–Crippen MR) is 85.2 cm³/mol. The summed E-state index contributed by atoms with van der Waals surface area (Å²) in [5.41, 5.74) is 6.16. The highest BCUT2D eigenvalue weighted by atomic mass is 35.5. The molecule has 1 fully saturated rings. The first-order chi connectivity index (χ1) is 10.0. The van der Waals surface area contributed by atoms with Crippen LogP contribution in [0.2, 0.25) is 0 Å². The van der Waals surface area contributed by atoms with Gasteiger partial charge in [-0.2, -0.15) is 9.57 Å². The van der Waals surface area contributed by atoms with Crippen LogP contribution in [0.5, 0.6) is 0 Å². The molecule has 1 saturated heterocycles. The third-order valence-electron chi connectivity index (χ3n) is 3.81. The molecule has 1 aliphatic heterocycles. The number of halogens is 1. The van der Waals surface area contributed by atoms with Crippen LogP contribution in [0, 0.1) is 11.3 Å². The van der Waals surface area contributed by atoms with E-state index >= 15 is 0 Å². The van der Waals surface area contributed by atoms with Crippen molar-refractivity contribution in [2.24, 2.45) is 5.73 Å². The van der Waals surface area contributed by atoms with E-state index in [4.69, 9.17) is 15.7 Å². The zero-order chi connectivity index (χ0) is 15.5. The molecule has 1 heterocycles. The van der Waals surface area contributed by atoms with Crippen molar-refractivity contribution < 1.29 is 13.2 Å². The van der Waals surface area contributed by atoms with E-state index in [1.807, 2.05) is 6.07 Å². The standard InChI is InChI=1S/C14H19N3O3S.ClH/c1-20-13-6-7-17(12(8-13)10-16)21(18,19)14-4-2-11(9-15)3-5-14;/h2-5,12-13H,6-8,10,16H2,1H3;1H. The molecule has 2 atom stereocenters. The van der Waals surface area contributed by atoms with Gasteiger partial charge in [0.15, 0.2) is 0 Å². The predicted octanol–water partition coefficient (Wildman–Crippen LogP) is 1.11. The Morgan fingerprint density at radius 3 is 2.55 bits per heavy atom. The Balaban J connectivity index is 0.00000242. The number of methoxy groups -OCH3 is 1. The molecule has 0 bridgehead atoms. The van der Waals surface area contributed by atoms with E-state index in [9.17, 15) is 8.42 Å². The van der Waals surface area contributed by atoms with E-state index in [-0.39, 0.29) is 36.0 Å². The second-order valence-corrected chi connectivity index (χ2v) is 6.91. The minimum absolute atomic E-state index is 0. The van der Waals surface area contributed by atoms with Gasteiger partial charge >= 0.3 is 0 Å². The Morgan fingerprint density at radius 1 is 1.41 bits per heavy atom. The van der Waals surface area contributed by atoms with Crippen LogP contribution in [0.25, 0.3) is 0 Å². The molecule has 0 saturated carbocycles. The van der Waals surface area contributed by atoms with Gasteiger partial charge in [-0.3, -0.25) is 0 Å². The summed E-state index contributed by atoms with van der Waals surface area (Å²) in [6.07, 6.45) is 1.30. The van der Waals surface area contributed by atoms with Gasteiger partial charge in [-0.1, -0.05) is 0 Å². The zero-order valence-electron chi connectivity index (χ0n) is 12.3. The Hall–Kier alpha value is -1.17. The van der Waals surface area contributed by atoms with E-state index in [1.54, 1.807) is 7.11 Å². The first-order valence-corrected chi connectivity index (χ1v) is 8.21. The number of nitriles is 1. The van der Waals surface area contributed by atoms with Crippen molar-refractivity contribution >= 4 is 22.4 Å². The van der Waals surface area contributed by atoms with Crippen molar-refractivity contribution in [3.05, 3.63) is 29.8 Å². The third kappa shape index (κ3) is 3.77. The van der Waals surface area contributed by atoms with Crippen LogP contribution in [0.3, 0.4) is 0 Å². The summed E-state index contributed by atoms with van der Waals surface area (Å²) in [5, 5.41) is 8.78. The van der Waals surface area contributed by atoms with Crippen LogP contribution in [-0.4, -0.2) is 45.1 Å². The monoisotopic (exact) mass is 345 g/mol. The first kappa shape index (κ1) is 18.9. The van der Waals surface area contributed by atoms with Crippen LogP contribution < -0.4 is 5.73 Å². The van der Waals surface area contributed by atoms with E-state index in [0.717, 1.165) is 0 Å². The summed E-state index contributed by atoms with van der Waals surface area (Å²) in [5.74, 6) is 0. The third-order valence-corrected chi connectivity index (χ3v) is 5.78. The van der Waals surface area contributed by atoms with Crippen molar-refractivity contribution in [3.63, 3.8) is 0 Å². The first-order valence-electron chi connectivity index (χ1n) is 6.77. The Kier molecular flexibility index (Phi) is 6.78. The number of rotatable bonds is 4. The van der Waals surface area contributed by atoms with Crippen LogP contribution in [0.4, 0.5) is 0 Å². The minimum Gasteiger partial charge on any atom is -0.381 e. The van der Waals surface area contributed by atoms with Gasteiger partial charge in [-0.25, -0.2) is 8.42 Å². The lowest BCUT2D eigenvalue weighted by atomic mass is 10.0. The molecule has 8 heteroatoms. The number of sulfonamides is 1. The van der Waals surface area contributed by atoms with E-state index in [1.165, 1.54) is 28.6 Å². The Bertz CT molecular complexity index is 628. The molecule has 0 aromatic heterocycles. The lowest BCUT2D eigenvalue weighted by Gasteiger charge is -2.37. The summed E-state index contributed by atoms with van der Waals surface area (Å²) >= 11 is 0. The van der Waals surface area contributed by atoms with Gasteiger partial charge < -0.3 is 10.5 Å². The highest BCUT2D eigenvalue weighted by Gasteiger charge is 2.36. The summed E-state index contributed by atoms with van der Waals surface area (Å²) < 4.78 is 32.2.